The van der Waals surface area contributed by atoms with Gasteiger partial charge in [0, 0.05) is 32.9 Å². The van der Waals surface area contributed by atoms with Gasteiger partial charge in [0.05, 0.1) is 11.9 Å². The van der Waals surface area contributed by atoms with E-state index in [1.165, 1.54) is 6.07 Å². The second kappa shape index (κ2) is 6.36. The molecular weight excluding hydrogens is 362 g/mol. The molecule has 0 amide bonds. The number of nitrogen functional groups attached to an aromatic ring is 1. The van der Waals surface area contributed by atoms with Crippen LogP contribution in [0.15, 0.2) is 23.3 Å². The number of hydrogen-bond acceptors (Lipinski definition) is 7. The highest BCUT2D eigenvalue weighted by Gasteiger charge is 2.59. The van der Waals surface area contributed by atoms with E-state index >= 15 is 0 Å². The molecule has 146 valence electrons. The third-order valence-electron chi connectivity index (χ3n) is 5.14. The van der Waals surface area contributed by atoms with Crippen molar-refractivity contribution in [2.75, 3.05) is 18.8 Å². The van der Waals surface area contributed by atoms with E-state index in [1.54, 1.807) is 10.9 Å². The van der Waals surface area contributed by atoms with Crippen LogP contribution in [-0.2, 0) is 24.8 Å². The molecule has 4 rings (SSSR count). The normalized spacial score (nSPS) is 27.6. The molecule has 0 saturated carbocycles. The van der Waals surface area contributed by atoms with Crippen molar-refractivity contribution in [3.63, 3.8) is 0 Å². The summed E-state index contributed by atoms with van der Waals surface area (Å²) in [7, 11) is 1.83. The molecule has 2 aliphatic rings. The van der Waals surface area contributed by atoms with E-state index in [0.29, 0.717) is 17.7 Å². The lowest BCUT2D eigenvalue weighted by Gasteiger charge is -2.30. The Kier molecular flexibility index (Phi) is 4.24. The summed E-state index contributed by atoms with van der Waals surface area (Å²) in [6.07, 6.45) is -1.48. The zero-order valence-electron chi connectivity index (χ0n) is 14.6. The van der Waals surface area contributed by atoms with Crippen LogP contribution in [0.5, 0.6) is 0 Å². The monoisotopic (exact) mass is 382 g/mol. The van der Waals surface area contributed by atoms with E-state index in [9.17, 15) is 18.7 Å². The summed E-state index contributed by atoms with van der Waals surface area (Å²) in [4.78, 5) is 17.3. The number of ether oxygens (including phenoxy) is 1. The van der Waals surface area contributed by atoms with Crippen molar-refractivity contribution in [1.82, 2.24) is 24.2 Å². The third-order valence-corrected chi connectivity index (χ3v) is 5.14. The maximum Gasteiger partial charge on any atom is 0.351 e. The number of halogens is 2. The number of nitrogens with zero attached hydrogens (tertiary/aromatic N) is 5. The molecule has 0 aliphatic carbocycles. The molecule has 11 heteroatoms. The molecule has 9 nitrogen and oxygen atoms in total. The minimum atomic E-state index is -3.64. The summed E-state index contributed by atoms with van der Waals surface area (Å²) in [6, 6.07) is 1.23. The van der Waals surface area contributed by atoms with Gasteiger partial charge in [-0.2, -0.15) is 18.9 Å². The van der Waals surface area contributed by atoms with Gasteiger partial charge in [0.2, 0.25) is 6.23 Å². The van der Waals surface area contributed by atoms with Crippen LogP contribution < -0.4 is 11.4 Å². The Labute approximate surface area is 153 Å². The van der Waals surface area contributed by atoms with Crippen LogP contribution in [0.1, 0.15) is 17.5 Å². The number of alkyl halides is 2. The minimum absolute atomic E-state index is 0.0741. The number of aliphatic hydroxyl groups is 1. The van der Waals surface area contributed by atoms with Gasteiger partial charge in [-0.3, -0.25) is 14.1 Å². The van der Waals surface area contributed by atoms with Crippen molar-refractivity contribution in [2.45, 2.75) is 37.3 Å². The fourth-order valence-corrected chi connectivity index (χ4v) is 3.62. The molecule has 1 fully saturated rings. The molecule has 0 bridgehead atoms. The Bertz CT molecular complexity index is 914. The van der Waals surface area contributed by atoms with Gasteiger partial charge < -0.3 is 15.6 Å². The van der Waals surface area contributed by atoms with Gasteiger partial charge in [0.25, 0.3) is 0 Å². The largest absolute Gasteiger partial charge is 0.384 e. The average Bonchev–Trinajstić information content (AvgIpc) is 3.08. The lowest BCUT2D eigenvalue weighted by Crippen LogP contribution is -2.45. The first-order chi connectivity index (χ1) is 12.8. The summed E-state index contributed by atoms with van der Waals surface area (Å²) < 4.78 is 37.0. The second-order valence-electron chi connectivity index (χ2n) is 6.91. The van der Waals surface area contributed by atoms with Crippen LogP contribution in [0.3, 0.4) is 0 Å². The van der Waals surface area contributed by atoms with E-state index < -0.39 is 30.0 Å². The predicted molar refractivity (Wildman–Crippen MR) is 90.0 cm³/mol. The van der Waals surface area contributed by atoms with Gasteiger partial charge >= 0.3 is 11.6 Å². The summed E-state index contributed by atoms with van der Waals surface area (Å²) >= 11 is 0. The van der Waals surface area contributed by atoms with Crippen molar-refractivity contribution in [2.24, 2.45) is 7.05 Å². The van der Waals surface area contributed by atoms with Crippen molar-refractivity contribution >= 4 is 5.82 Å². The first-order valence-electron chi connectivity index (χ1n) is 8.55. The van der Waals surface area contributed by atoms with E-state index in [0.717, 1.165) is 23.9 Å². The fraction of sp³-hybridized carbons (Fsp3) is 0.562. The van der Waals surface area contributed by atoms with E-state index in [-0.39, 0.29) is 12.4 Å². The topological polar surface area (TPSA) is 111 Å². The molecule has 0 radical (unpaired) electrons. The first-order valence-corrected chi connectivity index (χ1v) is 8.55. The van der Waals surface area contributed by atoms with Crippen molar-refractivity contribution < 1.29 is 18.6 Å². The molecular formula is C16H20F2N6O3. The van der Waals surface area contributed by atoms with Crippen molar-refractivity contribution in [1.29, 1.82) is 0 Å². The van der Waals surface area contributed by atoms with Crippen LogP contribution in [-0.4, -0.2) is 60.6 Å². The Balaban J connectivity index is 1.53. The number of nitrogens with two attached hydrogens (primary N) is 1. The smallest absolute Gasteiger partial charge is 0.351 e. The Morgan fingerprint density at radius 1 is 1.48 bits per heavy atom. The highest BCUT2D eigenvalue weighted by atomic mass is 19.3. The number of rotatable bonds is 3. The Morgan fingerprint density at radius 2 is 2.26 bits per heavy atom. The molecule has 2 aliphatic heterocycles. The van der Waals surface area contributed by atoms with Crippen LogP contribution in [0, 0.1) is 0 Å². The zero-order chi connectivity index (χ0) is 19.3. The Morgan fingerprint density at radius 3 is 3.00 bits per heavy atom. The molecule has 3 N–H and O–H groups in total. The van der Waals surface area contributed by atoms with Gasteiger partial charge in [-0.25, -0.2) is 4.79 Å². The highest BCUT2D eigenvalue weighted by Crippen LogP contribution is 2.42. The highest BCUT2D eigenvalue weighted by molar-refractivity contribution is 5.24. The van der Waals surface area contributed by atoms with Crippen LogP contribution in [0.25, 0.3) is 0 Å². The minimum Gasteiger partial charge on any atom is -0.384 e. The molecule has 0 spiro atoms. The molecule has 2 aromatic heterocycles. The summed E-state index contributed by atoms with van der Waals surface area (Å²) in [6.45, 7) is 1.28. The van der Waals surface area contributed by atoms with Crippen LogP contribution in [0.4, 0.5) is 14.6 Å². The number of aliphatic hydroxyl groups excluding tert-OH is 1. The number of aromatic nitrogens is 4. The quantitative estimate of drug-likeness (QED) is 0.737. The number of fused-ring (bicyclic) bond motifs is 1. The number of aryl methyl sites for hydroxylation is 1. The lowest BCUT2D eigenvalue weighted by atomic mass is 10.1. The summed E-state index contributed by atoms with van der Waals surface area (Å²) in [5.41, 5.74) is 6.58. The van der Waals surface area contributed by atoms with Gasteiger partial charge in [0.1, 0.15) is 18.0 Å². The zero-order valence-corrected chi connectivity index (χ0v) is 14.6. The predicted octanol–water partition coefficient (Wildman–Crippen LogP) is -0.489. The molecule has 0 unspecified atom stereocenters. The standard InChI is InChI=1S/C16H20F2N6O3/c1-22-10-7-23(4-2-9(10)6-20-22)8-11-13(25)16(17,18)14(27-11)24-5-3-12(19)21-15(24)26/h3,5-6,11,13-14,25H,2,4,7-8H2,1H3,(H2,19,21,26)/t11-,13-,14-/m1/s1. The summed E-state index contributed by atoms with van der Waals surface area (Å²) in [5.74, 6) is -3.71. The van der Waals surface area contributed by atoms with Crippen molar-refractivity contribution in [3.8, 4) is 0 Å². The molecule has 27 heavy (non-hydrogen) atoms. The molecule has 0 aromatic carbocycles. The van der Waals surface area contributed by atoms with Gasteiger partial charge in [-0.15, -0.1) is 0 Å². The van der Waals surface area contributed by atoms with Crippen molar-refractivity contribution in [3.05, 3.63) is 40.2 Å². The van der Waals surface area contributed by atoms with Crippen LogP contribution >= 0.6 is 0 Å². The average molecular weight is 382 g/mol. The number of anilines is 1. The maximum absolute atomic E-state index is 14.6. The third kappa shape index (κ3) is 3.01. The van der Waals surface area contributed by atoms with Gasteiger partial charge in [-0.05, 0) is 18.1 Å². The fourth-order valence-electron chi connectivity index (χ4n) is 3.62. The lowest BCUT2D eigenvalue weighted by molar-refractivity contribution is -0.140. The first kappa shape index (κ1) is 18.0. The maximum atomic E-state index is 14.6. The van der Waals surface area contributed by atoms with E-state index in [1.807, 2.05) is 11.9 Å². The number of hydrogen-bond donors (Lipinski definition) is 2. The van der Waals surface area contributed by atoms with Gasteiger partial charge in [0.15, 0.2) is 0 Å². The summed E-state index contributed by atoms with van der Waals surface area (Å²) in [5, 5.41) is 14.4. The van der Waals surface area contributed by atoms with E-state index in [4.69, 9.17) is 10.5 Å². The van der Waals surface area contributed by atoms with Gasteiger partial charge in [-0.1, -0.05) is 0 Å². The van der Waals surface area contributed by atoms with E-state index in [2.05, 4.69) is 10.1 Å². The molecule has 2 aromatic rings. The molecule has 3 atom stereocenters. The Hall–Kier alpha value is -2.37. The second-order valence-corrected chi connectivity index (χ2v) is 6.91. The van der Waals surface area contributed by atoms with Crippen LogP contribution in [0.2, 0.25) is 0 Å². The molecule has 1 saturated heterocycles. The SMILES string of the molecule is Cn1ncc2c1CN(C[C@H]1O[C@@H](n3ccc(N)nc3=O)C(F)(F)[C@@H]1O)CC2. The molecule has 4 heterocycles.